The fraction of sp³-hybridized carbons (Fsp3) is 0.0833. The van der Waals surface area contributed by atoms with Gasteiger partial charge in [-0.05, 0) is 59.9 Å². The maximum atomic E-state index is 9.70. The number of aromatic nitrogens is 1. The third-order valence-corrected chi connectivity index (χ3v) is 5.22. The summed E-state index contributed by atoms with van der Waals surface area (Å²) in [6.07, 6.45) is 2.07. The van der Waals surface area contributed by atoms with E-state index in [1.165, 1.54) is 33.6 Å². The molecule has 0 unspecified atom stereocenters. The molecule has 0 atom stereocenters. The third-order valence-electron chi connectivity index (χ3n) is 5.22. The Labute approximate surface area is 153 Å². The van der Waals surface area contributed by atoms with Crippen molar-refractivity contribution >= 4 is 0 Å². The van der Waals surface area contributed by atoms with Gasteiger partial charge >= 0.3 is 0 Å². The third kappa shape index (κ3) is 2.34. The summed E-state index contributed by atoms with van der Waals surface area (Å²) in [5.41, 5.74) is 8.89. The average molecular weight is 337 g/mol. The van der Waals surface area contributed by atoms with E-state index in [0.717, 1.165) is 18.5 Å². The fourth-order valence-corrected chi connectivity index (χ4v) is 4.00. The number of nitrogens with zero attached hydrogens (tertiary/aromatic N) is 1. The molecule has 2 heteroatoms. The molecule has 0 saturated heterocycles. The minimum absolute atomic E-state index is 0.293. The number of phenols is 1. The van der Waals surface area contributed by atoms with Crippen LogP contribution in [-0.4, -0.2) is 9.67 Å². The van der Waals surface area contributed by atoms with Gasteiger partial charge in [0, 0.05) is 16.9 Å². The molecular formula is C24H19NO. The van der Waals surface area contributed by atoms with E-state index in [1.807, 2.05) is 18.2 Å². The maximum Gasteiger partial charge on any atom is 0.115 e. The summed E-state index contributed by atoms with van der Waals surface area (Å²) in [4.78, 5) is 0. The zero-order valence-electron chi connectivity index (χ0n) is 14.4. The first-order valence-electron chi connectivity index (χ1n) is 8.99. The van der Waals surface area contributed by atoms with E-state index in [0.29, 0.717) is 5.75 Å². The summed E-state index contributed by atoms with van der Waals surface area (Å²) in [6.45, 7) is 0. The van der Waals surface area contributed by atoms with Gasteiger partial charge in [-0.15, -0.1) is 0 Å². The molecule has 1 aliphatic rings. The van der Waals surface area contributed by atoms with E-state index >= 15 is 0 Å². The van der Waals surface area contributed by atoms with Crippen LogP contribution < -0.4 is 0 Å². The first kappa shape index (κ1) is 15.0. The van der Waals surface area contributed by atoms with Crippen molar-refractivity contribution in [3.63, 3.8) is 0 Å². The Kier molecular flexibility index (Phi) is 3.42. The van der Waals surface area contributed by atoms with E-state index in [1.54, 1.807) is 12.1 Å². The molecule has 0 bridgehead atoms. The Hall–Kier alpha value is -3.26. The molecule has 0 fully saturated rings. The molecule has 3 aromatic carbocycles. The topological polar surface area (TPSA) is 25.2 Å². The quantitative estimate of drug-likeness (QED) is 0.505. The van der Waals surface area contributed by atoms with E-state index in [9.17, 15) is 5.11 Å². The lowest BCUT2D eigenvalue weighted by atomic mass is 9.90. The molecular weight excluding hydrogens is 318 g/mol. The zero-order chi connectivity index (χ0) is 17.5. The Balaban J connectivity index is 1.80. The molecule has 0 aliphatic heterocycles. The second-order valence-corrected chi connectivity index (χ2v) is 6.76. The second-order valence-electron chi connectivity index (χ2n) is 6.76. The van der Waals surface area contributed by atoms with Crippen molar-refractivity contribution in [1.82, 2.24) is 4.57 Å². The number of rotatable bonds is 2. The summed E-state index contributed by atoms with van der Waals surface area (Å²) in [5, 5.41) is 9.70. The monoisotopic (exact) mass is 337 g/mol. The van der Waals surface area contributed by atoms with Crippen molar-refractivity contribution in [2.45, 2.75) is 12.8 Å². The van der Waals surface area contributed by atoms with Crippen LogP contribution in [0, 0.1) is 0 Å². The lowest BCUT2D eigenvalue weighted by Gasteiger charge is -2.20. The van der Waals surface area contributed by atoms with Gasteiger partial charge in [-0.3, -0.25) is 0 Å². The summed E-state index contributed by atoms with van der Waals surface area (Å²) in [7, 11) is 0. The van der Waals surface area contributed by atoms with Gasteiger partial charge in [0.25, 0.3) is 0 Å². The van der Waals surface area contributed by atoms with Crippen LogP contribution in [0.2, 0.25) is 0 Å². The second kappa shape index (κ2) is 5.92. The van der Waals surface area contributed by atoms with Crippen molar-refractivity contribution in [3.8, 4) is 33.8 Å². The highest BCUT2D eigenvalue weighted by Gasteiger charge is 2.23. The number of aryl methyl sites for hydroxylation is 1. The number of hydrogen-bond donors (Lipinski definition) is 1. The van der Waals surface area contributed by atoms with Crippen molar-refractivity contribution in [2.24, 2.45) is 0 Å². The molecule has 126 valence electrons. The van der Waals surface area contributed by atoms with Crippen LogP contribution in [0.4, 0.5) is 0 Å². The van der Waals surface area contributed by atoms with E-state index in [-0.39, 0.29) is 0 Å². The molecule has 4 aromatic rings. The molecule has 1 aliphatic carbocycles. The Bertz CT molecular complexity index is 1080. The molecule has 0 radical (unpaired) electrons. The first-order valence-corrected chi connectivity index (χ1v) is 8.99. The van der Waals surface area contributed by atoms with E-state index < -0.39 is 0 Å². The van der Waals surface area contributed by atoms with Crippen LogP contribution >= 0.6 is 0 Å². The van der Waals surface area contributed by atoms with Crippen molar-refractivity contribution in [3.05, 3.63) is 96.2 Å². The van der Waals surface area contributed by atoms with Crippen LogP contribution in [0.15, 0.2) is 84.9 Å². The minimum Gasteiger partial charge on any atom is -0.508 e. The Morgan fingerprint density at radius 2 is 1.42 bits per heavy atom. The Morgan fingerprint density at radius 3 is 2.23 bits per heavy atom. The van der Waals surface area contributed by atoms with Gasteiger partial charge in [-0.2, -0.15) is 0 Å². The number of benzene rings is 3. The van der Waals surface area contributed by atoms with E-state index in [2.05, 4.69) is 59.2 Å². The molecule has 1 heterocycles. The maximum absolute atomic E-state index is 9.70. The van der Waals surface area contributed by atoms with Gasteiger partial charge in [-0.1, -0.05) is 54.6 Å². The van der Waals surface area contributed by atoms with Gasteiger partial charge in [-0.25, -0.2) is 0 Å². The molecule has 26 heavy (non-hydrogen) atoms. The van der Waals surface area contributed by atoms with Crippen LogP contribution in [0.25, 0.3) is 28.1 Å². The van der Waals surface area contributed by atoms with Crippen LogP contribution in [0.3, 0.4) is 0 Å². The normalized spacial score (nSPS) is 12.5. The lowest BCUT2D eigenvalue weighted by Crippen LogP contribution is -2.08. The average Bonchev–Trinajstić information content (AvgIpc) is 3.09. The summed E-state index contributed by atoms with van der Waals surface area (Å²) >= 11 is 0. The van der Waals surface area contributed by atoms with E-state index in [4.69, 9.17) is 0 Å². The van der Waals surface area contributed by atoms with Crippen LogP contribution in [0.1, 0.15) is 11.3 Å². The van der Waals surface area contributed by atoms with Crippen LogP contribution in [-0.2, 0) is 12.8 Å². The van der Waals surface area contributed by atoms with Gasteiger partial charge in [0.2, 0.25) is 0 Å². The van der Waals surface area contributed by atoms with Crippen LogP contribution in [0.5, 0.6) is 5.75 Å². The lowest BCUT2D eigenvalue weighted by molar-refractivity contribution is 0.475. The van der Waals surface area contributed by atoms with Gasteiger partial charge in [0.1, 0.15) is 5.75 Å². The molecule has 1 aromatic heterocycles. The molecule has 0 saturated carbocycles. The highest BCUT2D eigenvalue weighted by Crippen LogP contribution is 2.40. The Morgan fingerprint density at radius 1 is 0.692 bits per heavy atom. The largest absolute Gasteiger partial charge is 0.508 e. The number of hydrogen-bond acceptors (Lipinski definition) is 1. The highest BCUT2D eigenvalue weighted by molar-refractivity contribution is 5.80. The molecule has 0 amide bonds. The number of phenolic OH excluding ortho intramolecular Hbond substituents is 1. The smallest absolute Gasteiger partial charge is 0.115 e. The van der Waals surface area contributed by atoms with Gasteiger partial charge < -0.3 is 9.67 Å². The fourth-order valence-electron chi connectivity index (χ4n) is 4.00. The minimum atomic E-state index is 0.293. The number of fused-ring (bicyclic) bond motifs is 3. The summed E-state index contributed by atoms with van der Waals surface area (Å²) in [6, 6.07) is 29.0. The van der Waals surface area contributed by atoms with Gasteiger partial charge in [0.05, 0.1) is 5.69 Å². The standard InChI is InChI=1S/C24H19NO/c26-20-13-11-19(12-14-20)25-23-15-10-17-6-4-5-9-21(17)22(23)16-24(25)18-7-2-1-3-8-18/h1-9,11-14,16,26H,10,15H2. The molecule has 0 spiro atoms. The number of aromatic hydroxyl groups is 1. The highest BCUT2D eigenvalue weighted by atomic mass is 16.3. The first-order chi connectivity index (χ1) is 12.8. The summed E-state index contributed by atoms with van der Waals surface area (Å²) < 4.78 is 2.35. The van der Waals surface area contributed by atoms with Gasteiger partial charge in [0.15, 0.2) is 0 Å². The SMILES string of the molecule is Oc1ccc(-n2c(-c3ccccc3)cc3c2CCc2ccccc2-3)cc1. The summed E-state index contributed by atoms with van der Waals surface area (Å²) in [5.74, 6) is 0.293. The van der Waals surface area contributed by atoms with Crippen molar-refractivity contribution in [1.29, 1.82) is 0 Å². The predicted molar refractivity (Wildman–Crippen MR) is 106 cm³/mol. The molecule has 5 rings (SSSR count). The molecule has 1 N–H and O–H groups in total. The predicted octanol–water partition coefficient (Wildman–Crippen LogP) is 5.62. The zero-order valence-corrected chi connectivity index (χ0v) is 14.4. The molecule has 2 nitrogen and oxygen atoms in total. The van der Waals surface area contributed by atoms with Crippen molar-refractivity contribution in [2.75, 3.05) is 0 Å². The van der Waals surface area contributed by atoms with Crippen molar-refractivity contribution < 1.29 is 5.11 Å².